The van der Waals surface area contributed by atoms with E-state index in [1.165, 1.54) is 32.8 Å². The first kappa shape index (κ1) is 15.7. The van der Waals surface area contributed by atoms with Gasteiger partial charge in [0.15, 0.2) is 0 Å². The van der Waals surface area contributed by atoms with Crippen LogP contribution in [0.2, 0.25) is 0 Å². The lowest BCUT2D eigenvalue weighted by Crippen LogP contribution is -1.98. The van der Waals surface area contributed by atoms with Gasteiger partial charge in [0.1, 0.15) is 5.75 Å². The minimum atomic E-state index is 0.309. The fourth-order valence-corrected chi connectivity index (χ4v) is 3.86. The van der Waals surface area contributed by atoms with Crippen LogP contribution in [-0.2, 0) is 0 Å². The number of hydrogen-bond acceptors (Lipinski definition) is 1. The van der Waals surface area contributed by atoms with Gasteiger partial charge in [-0.1, -0.05) is 67.6 Å². The van der Waals surface area contributed by atoms with E-state index in [1.807, 2.05) is 13.0 Å². The van der Waals surface area contributed by atoms with Crippen LogP contribution in [0.5, 0.6) is 5.75 Å². The molecule has 4 rings (SSSR count). The molecule has 25 heavy (non-hydrogen) atoms. The fraction of sp³-hybridized carbons (Fsp3) is 0.167. The SMILES string of the molecule is Cc1c(O)ccc2cc(C(C)c3cccc4cccc(C)c34)ccc12. The van der Waals surface area contributed by atoms with Gasteiger partial charge in [-0.3, -0.25) is 0 Å². The second kappa shape index (κ2) is 5.93. The monoisotopic (exact) mass is 326 g/mol. The lowest BCUT2D eigenvalue weighted by molar-refractivity contribution is 0.472. The molecule has 0 heterocycles. The largest absolute Gasteiger partial charge is 0.508 e. The molecule has 1 nitrogen and oxygen atoms in total. The maximum absolute atomic E-state index is 9.92. The van der Waals surface area contributed by atoms with Crippen LogP contribution in [-0.4, -0.2) is 5.11 Å². The van der Waals surface area contributed by atoms with Crippen LogP contribution in [0.3, 0.4) is 0 Å². The highest BCUT2D eigenvalue weighted by Gasteiger charge is 2.14. The van der Waals surface area contributed by atoms with E-state index in [4.69, 9.17) is 0 Å². The summed E-state index contributed by atoms with van der Waals surface area (Å²) < 4.78 is 0. The molecule has 4 aromatic carbocycles. The van der Waals surface area contributed by atoms with Gasteiger partial charge in [-0.25, -0.2) is 0 Å². The highest BCUT2D eigenvalue weighted by molar-refractivity contribution is 5.91. The average molecular weight is 326 g/mol. The normalized spacial score (nSPS) is 12.6. The van der Waals surface area contributed by atoms with Crippen LogP contribution >= 0.6 is 0 Å². The summed E-state index contributed by atoms with van der Waals surface area (Å²) in [5.41, 5.74) is 4.93. The van der Waals surface area contributed by atoms with E-state index in [0.717, 1.165) is 10.9 Å². The van der Waals surface area contributed by atoms with Crippen molar-refractivity contribution in [2.45, 2.75) is 26.7 Å². The summed E-state index contributed by atoms with van der Waals surface area (Å²) in [7, 11) is 0. The molecular weight excluding hydrogens is 304 g/mol. The third kappa shape index (κ3) is 2.56. The van der Waals surface area contributed by atoms with Crippen molar-refractivity contribution in [3.63, 3.8) is 0 Å². The standard InChI is InChI=1S/C24H22O/c1-15-6-4-7-18-8-5-9-22(24(15)18)16(2)19-10-12-21-17(3)23(25)13-11-20(21)14-19/h4-14,16,25H,1-3H3. The van der Waals surface area contributed by atoms with Gasteiger partial charge in [-0.05, 0) is 63.7 Å². The molecule has 0 fully saturated rings. The quantitative estimate of drug-likeness (QED) is 0.448. The minimum Gasteiger partial charge on any atom is -0.508 e. The molecule has 1 unspecified atom stereocenters. The third-order valence-corrected chi connectivity index (χ3v) is 5.40. The van der Waals surface area contributed by atoms with Crippen molar-refractivity contribution in [3.05, 3.63) is 89.0 Å². The van der Waals surface area contributed by atoms with Crippen molar-refractivity contribution in [2.24, 2.45) is 0 Å². The molecular formula is C24H22O. The number of aromatic hydroxyl groups is 1. The van der Waals surface area contributed by atoms with E-state index in [1.54, 1.807) is 6.07 Å². The molecule has 1 atom stereocenters. The maximum atomic E-state index is 9.92. The molecule has 0 bridgehead atoms. The van der Waals surface area contributed by atoms with Crippen LogP contribution < -0.4 is 0 Å². The molecule has 0 aliphatic heterocycles. The van der Waals surface area contributed by atoms with Gasteiger partial charge in [0.05, 0.1) is 0 Å². The molecule has 1 heteroatoms. The second-order valence-corrected chi connectivity index (χ2v) is 6.93. The first-order chi connectivity index (χ1) is 12.1. The van der Waals surface area contributed by atoms with Gasteiger partial charge in [-0.2, -0.15) is 0 Å². The molecule has 0 saturated carbocycles. The van der Waals surface area contributed by atoms with Crippen LogP contribution in [0.25, 0.3) is 21.5 Å². The number of phenols is 1. The van der Waals surface area contributed by atoms with Gasteiger partial charge in [0, 0.05) is 5.92 Å². The first-order valence-corrected chi connectivity index (χ1v) is 8.77. The number of aryl methyl sites for hydroxylation is 2. The Labute approximate surface area is 148 Å². The Bertz CT molecular complexity index is 1090. The number of phenolic OH excluding ortho intramolecular Hbond substituents is 1. The predicted octanol–water partition coefficient (Wildman–Crippen LogP) is 6.47. The third-order valence-electron chi connectivity index (χ3n) is 5.40. The summed E-state index contributed by atoms with van der Waals surface area (Å²) >= 11 is 0. The van der Waals surface area contributed by atoms with Crippen LogP contribution in [0.1, 0.15) is 35.1 Å². The van der Waals surface area contributed by atoms with E-state index in [0.29, 0.717) is 11.7 Å². The Hall–Kier alpha value is -2.80. The highest BCUT2D eigenvalue weighted by Crippen LogP contribution is 2.35. The molecule has 4 aromatic rings. The van der Waals surface area contributed by atoms with Gasteiger partial charge < -0.3 is 5.11 Å². The van der Waals surface area contributed by atoms with Crippen molar-refractivity contribution in [1.82, 2.24) is 0 Å². The zero-order valence-electron chi connectivity index (χ0n) is 14.9. The zero-order valence-corrected chi connectivity index (χ0v) is 14.9. The Kier molecular flexibility index (Phi) is 3.73. The van der Waals surface area contributed by atoms with Crippen molar-refractivity contribution < 1.29 is 5.11 Å². The van der Waals surface area contributed by atoms with Crippen LogP contribution in [0.4, 0.5) is 0 Å². The second-order valence-electron chi connectivity index (χ2n) is 6.93. The number of hydrogen-bond donors (Lipinski definition) is 1. The summed E-state index contributed by atoms with van der Waals surface area (Å²) in [6.07, 6.45) is 0. The lowest BCUT2D eigenvalue weighted by atomic mass is 9.86. The summed E-state index contributed by atoms with van der Waals surface area (Å²) in [5.74, 6) is 0.668. The molecule has 124 valence electrons. The van der Waals surface area contributed by atoms with Gasteiger partial charge in [-0.15, -0.1) is 0 Å². The average Bonchev–Trinajstić information content (AvgIpc) is 2.64. The molecule has 1 N–H and O–H groups in total. The molecule has 0 aromatic heterocycles. The first-order valence-electron chi connectivity index (χ1n) is 8.77. The Balaban J connectivity index is 1.88. The summed E-state index contributed by atoms with van der Waals surface area (Å²) in [4.78, 5) is 0. The summed E-state index contributed by atoms with van der Waals surface area (Å²) in [5, 5.41) is 14.9. The van der Waals surface area contributed by atoms with Crippen LogP contribution in [0, 0.1) is 13.8 Å². The van der Waals surface area contributed by atoms with Crippen molar-refractivity contribution in [1.29, 1.82) is 0 Å². The molecule has 0 saturated heterocycles. The Morgan fingerprint density at radius 1 is 0.800 bits per heavy atom. The van der Waals surface area contributed by atoms with E-state index >= 15 is 0 Å². The Morgan fingerprint density at radius 2 is 1.56 bits per heavy atom. The summed E-state index contributed by atoms with van der Waals surface area (Å²) in [6.45, 7) is 6.43. The van der Waals surface area contributed by atoms with Gasteiger partial charge in [0.25, 0.3) is 0 Å². The van der Waals surface area contributed by atoms with Crippen molar-refractivity contribution in [2.75, 3.05) is 0 Å². The van der Waals surface area contributed by atoms with Gasteiger partial charge in [0.2, 0.25) is 0 Å². The molecule has 0 aliphatic carbocycles. The molecule has 0 spiro atoms. The lowest BCUT2D eigenvalue weighted by Gasteiger charge is -2.18. The van der Waals surface area contributed by atoms with E-state index in [2.05, 4.69) is 68.4 Å². The fourth-order valence-electron chi connectivity index (χ4n) is 3.86. The number of rotatable bonds is 2. The number of benzene rings is 4. The molecule has 0 aliphatic rings. The van der Waals surface area contributed by atoms with E-state index in [-0.39, 0.29) is 0 Å². The van der Waals surface area contributed by atoms with Crippen molar-refractivity contribution >= 4 is 21.5 Å². The minimum absolute atomic E-state index is 0.309. The summed E-state index contributed by atoms with van der Waals surface area (Å²) in [6, 6.07) is 23.4. The van der Waals surface area contributed by atoms with Gasteiger partial charge >= 0.3 is 0 Å². The van der Waals surface area contributed by atoms with E-state index < -0.39 is 0 Å². The molecule has 0 amide bonds. The number of fused-ring (bicyclic) bond motifs is 2. The molecule has 0 radical (unpaired) electrons. The smallest absolute Gasteiger partial charge is 0.119 e. The maximum Gasteiger partial charge on any atom is 0.119 e. The Morgan fingerprint density at radius 3 is 2.36 bits per heavy atom. The van der Waals surface area contributed by atoms with Crippen LogP contribution in [0.15, 0.2) is 66.7 Å². The van der Waals surface area contributed by atoms with Crippen molar-refractivity contribution in [3.8, 4) is 5.75 Å². The predicted molar refractivity (Wildman–Crippen MR) is 107 cm³/mol. The van der Waals surface area contributed by atoms with E-state index in [9.17, 15) is 5.11 Å². The zero-order chi connectivity index (χ0) is 17.6. The highest BCUT2D eigenvalue weighted by atomic mass is 16.3. The topological polar surface area (TPSA) is 20.2 Å².